The highest BCUT2D eigenvalue weighted by molar-refractivity contribution is 5.60. The van der Waals surface area contributed by atoms with Gasteiger partial charge in [-0.1, -0.05) is 30.3 Å². The summed E-state index contributed by atoms with van der Waals surface area (Å²) in [6.45, 7) is 0. The van der Waals surface area contributed by atoms with Crippen molar-refractivity contribution in [3.63, 3.8) is 0 Å². The fourth-order valence-corrected chi connectivity index (χ4v) is 0.760. The summed E-state index contributed by atoms with van der Waals surface area (Å²) in [5.41, 5.74) is 1.15. The van der Waals surface area contributed by atoms with Gasteiger partial charge in [-0.2, -0.15) is 0 Å². The molecule has 0 saturated carbocycles. The molecule has 1 aromatic rings. The van der Waals surface area contributed by atoms with Crippen molar-refractivity contribution in [1.29, 1.82) is 0 Å². The summed E-state index contributed by atoms with van der Waals surface area (Å²) in [4.78, 5) is 0. The summed E-state index contributed by atoms with van der Waals surface area (Å²) in [7, 11) is 3.25. The quantitative estimate of drug-likeness (QED) is 0.430. The molecule has 3 nitrogen and oxygen atoms in total. The second-order valence-electron chi connectivity index (χ2n) is 2.40. The van der Waals surface area contributed by atoms with Crippen LogP contribution in [0.2, 0.25) is 0 Å². The van der Waals surface area contributed by atoms with E-state index in [1.807, 2.05) is 30.3 Å². The van der Waals surface area contributed by atoms with E-state index < -0.39 is 0 Å². The van der Waals surface area contributed by atoms with Crippen molar-refractivity contribution in [3.05, 3.63) is 35.9 Å². The molecule has 0 unspecified atom stereocenters. The van der Waals surface area contributed by atoms with Crippen molar-refractivity contribution < 1.29 is 9.94 Å². The van der Waals surface area contributed by atoms with Crippen molar-refractivity contribution in [2.75, 3.05) is 14.2 Å². The Morgan fingerprint density at radius 2 is 1.85 bits per heavy atom. The molecule has 0 aliphatic heterocycles. The molecule has 0 aliphatic rings. The van der Waals surface area contributed by atoms with Crippen LogP contribution in [0, 0.1) is 0 Å². The molecule has 0 saturated heterocycles. The molecular formula is C10H15NO2. The van der Waals surface area contributed by atoms with Gasteiger partial charge >= 0.3 is 0 Å². The number of ether oxygens (including phenoxy) is 1. The van der Waals surface area contributed by atoms with Crippen molar-refractivity contribution in [2.24, 2.45) is 5.16 Å². The molecule has 0 aromatic heterocycles. The van der Waals surface area contributed by atoms with Crippen molar-refractivity contribution in [1.82, 2.24) is 0 Å². The van der Waals surface area contributed by atoms with Crippen LogP contribution in [0.25, 0.3) is 0 Å². The molecular weight excluding hydrogens is 166 g/mol. The summed E-state index contributed by atoms with van der Waals surface area (Å²) >= 11 is 0. The predicted octanol–water partition coefficient (Wildman–Crippen LogP) is 1.95. The summed E-state index contributed by atoms with van der Waals surface area (Å²) < 4.78 is 4.25. The first-order valence-corrected chi connectivity index (χ1v) is 3.95. The Kier molecular flexibility index (Phi) is 7.84. The van der Waals surface area contributed by atoms with E-state index in [-0.39, 0.29) is 0 Å². The van der Waals surface area contributed by atoms with Crippen LogP contribution in [0.1, 0.15) is 5.56 Å². The Morgan fingerprint density at radius 1 is 1.31 bits per heavy atom. The van der Waals surface area contributed by atoms with Crippen LogP contribution < -0.4 is 0 Å². The highest BCUT2D eigenvalue weighted by atomic mass is 16.4. The van der Waals surface area contributed by atoms with E-state index >= 15 is 0 Å². The fraction of sp³-hybridized carbons (Fsp3) is 0.300. The first-order chi connectivity index (χ1) is 6.35. The molecule has 72 valence electrons. The Labute approximate surface area is 78.7 Å². The van der Waals surface area contributed by atoms with Crippen LogP contribution in [-0.2, 0) is 11.2 Å². The minimum Gasteiger partial charge on any atom is -0.411 e. The summed E-state index contributed by atoms with van der Waals surface area (Å²) in [5.74, 6) is 0. The Hall–Kier alpha value is -1.35. The van der Waals surface area contributed by atoms with Crippen LogP contribution in [0.3, 0.4) is 0 Å². The fourth-order valence-electron chi connectivity index (χ4n) is 0.760. The molecule has 1 N–H and O–H groups in total. The Balaban J connectivity index is 0.000000424. The largest absolute Gasteiger partial charge is 0.411 e. The van der Waals surface area contributed by atoms with Gasteiger partial charge in [0.25, 0.3) is 0 Å². The number of hydrogen-bond acceptors (Lipinski definition) is 3. The molecule has 0 spiro atoms. The van der Waals surface area contributed by atoms with Crippen molar-refractivity contribution >= 4 is 6.21 Å². The van der Waals surface area contributed by atoms with Gasteiger partial charge in [-0.05, 0) is 5.56 Å². The van der Waals surface area contributed by atoms with Crippen LogP contribution in [0.15, 0.2) is 35.5 Å². The van der Waals surface area contributed by atoms with E-state index in [9.17, 15) is 0 Å². The van der Waals surface area contributed by atoms with E-state index in [0.717, 1.165) is 5.56 Å². The SMILES string of the molecule is COC.ON=CCc1ccccc1. The maximum Gasteiger partial charge on any atom is 0.0479 e. The molecule has 0 amide bonds. The number of methoxy groups -OCH3 is 1. The van der Waals surface area contributed by atoms with Crippen LogP contribution in [0.5, 0.6) is 0 Å². The summed E-state index contributed by atoms with van der Waals surface area (Å²) in [5, 5.41) is 11.0. The highest BCUT2D eigenvalue weighted by Crippen LogP contribution is 1.96. The van der Waals surface area contributed by atoms with E-state index in [4.69, 9.17) is 5.21 Å². The van der Waals surface area contributed by atoms with E-state index in [1.165, 1.54) is 6.21 Å². The van der Waals surface area contributed by atoms with Gasteiger partial charge < -0.3 is 9.94 Å². The van der Waals surface area contributed by atoms with Gasteiger partial charge in [0.1, 0.15) is 0 Å². The normalized spacial score (nSPS) is 9.38. The van der Waals surface area contributed by atoms with Gasteiger partial charge in [0.05, 0.1) is 0 Å². The second kappa shape index (κ2) is 8.74. The zero-order valence-corrected chi connectivity index (χ0v) is 7.97. The molecule has 0 atom stereocenters. The standard InChI is InChI=1S/C8H9NO.C2H6O/c10-9-7-6-8-4-2-1-3-5-8;1-3-2/h1-5,7,10H,6H2;1-2H3. The minimum atomic E-state index is 0.692. The molecule has 1 rings (SSSR count). The Morgan fingerprint density at radius 3 is 2.31 bits per heavy atom. The average molecular weight is 181 g/mol. The predicted molar refractivity (Wildman–Crippen MR) is 53.4 cm³/mol. The second-order valence-corrected chi connectivity index (χ2v) is 2.40. The molecule has 0 aliphatic carbocycles. The lowest BCUT2D eigenvalue weighted by molar-refractivity contribution is 0.277. The molecule has 13 heavy (non-hydrogen) atoms. The van der Waals surface area contributed by atoms with Crippen LogP contribution >= 0.6 is 0 Å². The zero-order chi connectivity index (χ0) is 9.94. The van der Waals surface area contributed by atoms with Crippen LogP contribution in [0.4, 0.5) is 0 Å². The van der Waals surface area contributed by atoms with Crippen molar-refractivity contribution in [3.8, 4) is 0 Å². The first kappa shape index (κ1) is 11.6. The third-order valence-corrected chi connectivity index (χ3v) is 1.25. The van der Waals surface area contributed by atoms with Gasteiger partial charge in [-0.25, -0.2) is 0 Å². The van der Waals surface area contributed by atoms with E-state index in [1.54, 1.807) is 14.2 Å². The smallest absolute Gasteiger partial charge is 0.0479 e. The molecule has 0 radical (unpaired) electrons. The summed E-state index contributed by atoms with van der Waals surface area (Å²) in [6, 6.07) is 9.85. The molecule has 0 bridgehead atoms. The zero-order valence-electron chi connectivity index (χ0n) is 7.97. The van der Waals surface area contributed by atoms with Gasteiger partial charge in [0.15, 0.2) is 0 Å². The van der Waals surface area contributed by atoms with Crippen molar-refractivity contribution in [2.45, 2.75) is 6.42 Å². The topological polar surface area (TPSA) is 41.8 Å². The third-order valence-electron chi connectivity index (χ3n) is 1.25. The lowest BCUT2D eigenvalue weighted by Crippen LogP contribution is -1.83. The van der Waals surface area contributed by atoms with E-state index in [2.05, 4.69) is 9.89 Å². The maximum atomic E-state index is 8.10. The number of hydrogen-bond donors (Lipinski definition) is 1. The molecule has 3 heteroatoms. The third kappa shape index (κ3) is 7.03. The lowest BCUT2D eigenvalue weighted by Gasteiger charge is -1.90. The number of nitrogens with zero attached hydrogens (tertiary/aromatic N) is 1. The molecule has 0 fully saturated rings. The summed E-state index contributed by atoms with van der Waals surface area (Å²) in [6.07, 6.45) is 2.16. The number of oxime groups is 1. The number of benzene rings is 1. The first-order valence-electron chi connectivity index (χ1n) is 3.95. The van der Waals surface area contributed by atoms with Gasteiger partial charge in [-0.15, -0.1) is 5.16 Å². The van der Waals surface area contributed by atoms with Gasteiger partial charge in [-0.3, -0.25) is 0 Å². The molecule has 0 heterocycles. The number of rotatable bonds is 2. The van der Waals surface area contributed by atoms with Gasteiger partial charge in [0.2, 0.25) is 0 Å². The maximum absolute atomic E-state index is 8.10. The highest BCUT2D eigenvalue weighted by Gasteiger charge is 1.84. The monoisotopic (exact) mass is 181 g/mol. The van der Waals surface area contributed by atoms with E-state index in [0.29, 0.717) is 6.42 Å². The van der Waals surface area contributed by atoms with Crippen LogP contribution in [-0.4, -0.2) is 25.6 Å². The minimum absolute atomic E-state index is 0.692. The average Bonchev–Trinajstić information content (AvgIpc) is 2.18. The lowest BCUT2D eigenvalue weighted by atomic mass is 10.2. The molecule has 1 aromatic carbocycles. The van der Waals surface area contributed by atoms with Gasteiger partial charge in [0, 0.05) is 26.9 Å². The Bertz CT molecular complexity index is 222.